The molecule has 1 saturated carbocycles. The van der Waals surface area contributed by atoms with Crippen molar-refractivity contribution >= 4 is 28.1 Å². The van der Waals surface area contributed by atoms with Gasteiger partial charge in [-0.25, -0.2) is 9.37 Å². The molecule has 1 heterocycles. The van der Waals surface area contributed by atoms with Gasteiger partial charge >= 0.3 is 0 Å². The van der Waals surface area contributed by atoms with Crippen molar-refractivity contribution in [3.05, 3.63) is 63.2 Å². The SMILES string of the molecule is C#CC(Nc1nc(-c2cc(C)c(OC)cc2Cl)c(C)s1)[C@@H](CC1CCC1)c1ccc(F)cc1. The summed E-state index contributed by atoms with van der Waals surface area (Å²) < 4.78 is 18.9. The Bertz CT molecular complexity index is 1160. The minimum Gasteiger partial charge on any atom is -0.496 e. The largest absolute Gasteiger partial charge is 0.496 e. The third kappa shape index (κ3) is 5.18. The molecule has 2 aromatic carbocycles. The molecule has 33 heavy (non-hydrogen) atoms. The molecule has 3 nitrogen and oxygen atoms in total. The summed E-state index contributed by atoms with van der Waals surface area (Å²) in [6.45, 7) is 4.02. The quantitative estimate of drug-likeness (QED) is 0.335. The molecule has 0 spiro atoms. The third-order valence-electron chi connectivity index (χ3n) is 6.51. The van der Waals surface area contributed by atoms with Crippen molar-refractivity contribution in [3.8, 4) is 29.4 Å². The lowest BCUT2D eigenvalue weighted by Crippen LogP contribution is -2.29. The average Bonchev–Trinajstić information content (AvgIpc) is 3.13. The van der Waals surface area contributed by atoms with Crippen LogP contribution in [0.5, 0.6) is 5.75 Å². The number of hydrogen-bond acceptors (Lipinski definition) is 4. The van der Waals surface area contributed by atoms with Crippen molar-refractivity contribution in [2.75, 3.05) is 12.4 Å². The molecule has 1 aliphatic carbocycles. The Morgan fingerprint density at radius 2 is 2.00 bits per heavy atom. The van der Waals surface area contributed by atoms with Crippen LogP contribution in [0.3, 0.4) is 0 Å². The van der Waals surface area contributed by atoms with Gasteiger partial charge in [0.25, 0.3) is 0 Å². The first-order valence-electron chi connectivity index (χ1n) is 11.2. The Morgan fingerprint density at radius 1 is 1.27 bits per heavy atom. The van der Waals surface area contributed by atoms with Gasteiger partial charge in [-0.2, -0.15) is 0 Å². The highest BCUT2D eigenvalue weighted by Gasteiger charge is 2.29. The van der Waals surface area contributed by atoms with Crippen molar-refractivity contribution in [2.45, 2.75) is 51.5 Å². The first-order valence-corrected chi connectivity index (χ1v) is 12.4. The molecule has 1 unspecified atom stereocenters. The lowest BCUT2D eigenvalue weighted by atomic mass is 9.75. The fraction of sp³-hybridized carbons (Fsp3) is 0.370. The van der Waals surface area contributed by atoms with Gasteiger partial charge in [0.1, 0.15) is 11.6 Å². The van der Waals surface area contributed by atoms with Gasteiger partial charge in [0.05, 0.1) is 23.9 Å². The summed E-state index contributed by atoms with van der Waals surface area (Å²) >= 11 is 8.12. The highest BCUT2D eigenvalue weighted by atomic mass is 35.5. The average molecular weight is 483 g/mol. The zero-order chi connectivity index (χ0) is 23.5. The van der Waals surface area contributed by atoms with E-state index < -0.39 is 0 Å². The summed E-state index contributed by atoms with van der Waals surface area (Å²) in [5.74, 6) is 4.20. The molecule has 0 aliphatic heterocycles. The lowest BCUT2D eigenvalue weighted by molar-refractivity contribution is 0.273. The van der Waals surface area contributed by atoms with E-state index in [4.69, 9.17) is 27.7 Å². The molecule has 1 fully saturated rings. The minimum atomic E-state index is -0.248. The number of halogens is 2. The molecule has 0 amide bonds. The minimum absolute atomic E-state index is 0.0837. The maximum atomic E-state index is 13.6. The molecule has 1 N–H and O–H groups in total. The molecule has 1 aromatic heterocycles. The molecule has 4 rings (SSSR count). The molecule has 2 atom stereocenters. The topological polar surface area (TPSA) is 34.2 Å². The second kappa shape index (κ2) is 10.2. The Hall–Kier alpha value is -2.55. The Kier molecular flexibility index (Phi) is 7.26. The maximum Gasteiger partial charge on any atom is 0.184 e. The predicted octanol–water partition coefficient (Wildman–Crippen LogP) is 7.62. The number of benzene rings is 2. The van der Waals surface area contributed by atoms with E-state index in [0.717, 1.165) is 44.6 Å². The number of nitrogens with zero attached hydrogens (tertiary/aromatic N) is 1. The van der Waals surface area contributed by atoms with Crippen LogP contribution in [0, 0.1) is 37.9 Å². The molecule has 0 radical (unpaired) electrons. The number of thiazole rings is 1. The highest BCUT2D eigenvalue weighted by molar-refractivity contribution is 7.16. The van der Waals surface area contributed by atoms with Gasteiger partial charge in [-0.15, -0.1) is 17.8 Å². The van der Waals surface area contributed by atoms with Crippen molar-refractivity contribution in [2.24, 2.45) is 5.92 Å². The second-order valence-corrected chi connectivity index (χ2v) is 10.3. The van der Waals surface area contributed by atoms with Gasteiger partial charge < -0.3 is 10.1 Å². The van der Waals surface area contributed by atoms with Crippen LogP contribution in [0.2, 0.25) is 5.02 Å². The Labute approximate surface area is 204 Å². The van der Waals surface area contributed by atoms with Crippen LogP contribution in [0.4, 0.5) is 9.52 Å². The lowest BCUT2D eigenvalue weighted by Gasteiger charge is -2.32. The summed E-state index contributed by atoms with van der Waals surface area (Å²) in [6, 6.07) is 10.3. The molecule has 6 heteroatoms. The van der Waals surface area contributed by atoms with Crippen LogP contribution in [-0.2, 0) is 0 Å². The molecular weight excluding hydrogens is 455 g/mol. The fourth-order valence-electron chi connectivity index (χ4n) is 4.43. The molecule has 172 valence electrons. The number of terminal acetylenes is 1. The molecule has 0 saturated heterocycles. The predicted molar refractivity (Wildman–Crippen MR) is 136 cm³/mol. The Morgan fingerprint density at radius 3 is 2.61 bits per heavy atom. The molecule has 1 aliphatic rings. The van der Waals surface area contributed by atoms with E-state index in [9.17, 15) is 4.39 Å². The fourth-order valence-corrected chi connectivity index (χ4v) is 5.53. The number of nitrogens with one attached hydrogen (secondary N) is 1. The Balaban J connectivity index is 1.62. The number of methoxy groups -OCH3 is 1. The number of aryl methyl sites for hydroxylation is 2. The molecular formula is C27H28ClFN2OS. The van der Waals surface area contributed by atoms with Gasteiger partial charge in [-0.1, -0.05) is 48.9 Å². The van der Waals surface area contributed by atoms with Crippen LogP contribution < -0.4 is 10.1 Å². The van der Waals surface area contributed by atoms with Gasteiger partial charge in [0.2, 0.25) is 0 Å². The number of anilines is 1. The smallest absolute Gasteiger partial charge is 0.184 e. The van der Waals surface area contributed by atoms with E-state index in [1.807, 2.05) is 38.1 Å². The zero-order valence-electron chi connectivity index (χ0n) is 19.1. The third-order valence-corrected chi connectivity index (χ3v) is 7.72. The number of hydrogen-bond donors (Lipinski definition) is 1. The maximum absolute atomic E-state index is 13.6. The van der Waals surface area contributed by atoms with Gasteiger partial charge in [-0.3, -0.25) is 0 Å². The van der Waals surface area contributed by atoms with Gasteiger partial charge in [0.15, 0.2) is 5.13 Å². The van der Waals surface area contributed by atoms with E-state index in [0.29, 0.717) is 10.9 Å². The first-order chi connectivity index (χ1) is 15.9. The second-order valence-electron chi connectivity index (χ2n) is 8.70. The number of ether oxygens (including phenoxy) is 1. The van der Waals surface area contributed by atoms with Crippen LogP contribution in [0.1, 0.15) is 47.6 Å². The van der Waals surface area contributed by atoms with Crippen molar-refractivity contribution < 1.29 is 9.13 Å². The summed E-state index contributed by atoms with van der Waals surface area (Å²) in [6.07, 6.45) is 10.7. The van der Waals surface area contributed by atoms with E-state index in [2.05, 4.69) is 11.2 Å². The summed E-state index contributed by atoms with van der Waals surface area (Å²) in [5, 5.41) is 4.85. The highest BCUT2D eigenvalue weighted by Crippen LogP contribution is 2.40. The number of aromatic nitrogens is 1. The molecule has 0 bridgehead atoms. The van der Waals surface area contributed by atoms with Crippen LogP contribution >= 0.6 is 22.9 Å². The monoisotopic (exact) mass is 482 g/mol. The van der Waals surface area contributed by atoms with Crippen LogP contribution in [0.25, 0.3) is 11.3 Å². The van der Waals surface area contributed by atoms with E-state index in [1.165, 1.54) is 31.4 Å². The summed E-state index contributed by atoms with van der Waals surface area (Å²) in [4.78, 5) is 5.91. The standard InChI is InChI=1S/C27H28ClFN2OS/c1-5-24(21(14-18-7-6-8-18)19-9-11-20(29)12-10-19)30-27-31-26(17(3)33-27)22-13-16(2)25(32-4)15-23(22)28/h1,9-13,15,18,21,24H,6-8,14H2,2-4H3,(H,30,31)/t21-,24?/m0/s1. The van der Waals surface area contributed by atoms with Crippen molar-refractivity contribution in [1.82, 2.24) is 4.98 Å². The van der Waals surface area contributed by atoms with Crippen molar-refractivity contribution in [3.63, 3.8) is 0 Å². The van der Waals surface area contributed by atoms with E-state index in [-0.39, 0.29) is 17.8 Å². The number of rotatable bonds is 8. The van der Waals surface area contributed by atoms with E-state index >= 15 is 0 Å². The van der Waals surface area contributed by atoms with E-state index in [1.54, 1.807) is 18.4 Å². The first kappa shape index (κ1) is 23.6. The van der Waals surface area contributed by atoms with Crippen molar-refractivity contribution in [1.29, 1.82) is 0 Å². The van der Waals surface area contributed by atoms with Gasteiger partial charge in [-0.05, 0) is 61.6 Å². The van der Waals surface area contributed by atoms with Gasteiger partial charge in [0, 0.05) is 16.4 Å². The normalized spacial score (nSPS) is 15.4. The van der Waals surface area contributed by atoms with Crippen LogP contribution in [-0.4, -0.2) is 18.1 Å². The zero-order valence-corrected chi connectivity index (χ0v) is 20.7. The molecule has 3 aromatic rings. The summed E-state index contributed by atoms with van der Waals surface area (Å²) in [5.41, 5.74) is 3.77. The summed E-state index contributed by atoms with van der Waals surface area (Å²) in [7, 11) is 1.63. The van der Waals surface area contributed by atoms with Crippen LogP contribution in [0.15, 0.2) is 36.4 Å².